The molecule has 0 spiro atoms. The quantitative estimate of drug-likeness (QED) is 0.518. The van der Waals surface area contributed by atoms with E-state index in [-0.39, 0.29) is 6.01 Å². The third-order valence-corrected chi connectivity index (χ3v) is 1.46. The molecule has 0 fully saturated rings. The number of nitrogens with zero attached hydrogens (tertiary/aromatic N) is 2. The fourth-order valence-electron chi connectivity index (χ4n) is 0.544. The van der Waals surface area contributed by atoms with Crippen LogP contribution in [0.5, 0.6) is 6.01 Å². The van der Waals surface area contributed by atoms with Crippen molar-refractivity contribution in [3.8, 4) is 6.01 Å². The highest BCUT2D eigenvalue weighted by molar-refractivity contribution is 7.71. The summed E-state index contributed by atoms with van der Waals surface area (Å²) in [6.45, 7) is 0. The monoisotopic (exact) mass is 189 g/mol. The van der Waals surface area contributed by atoms with Gasteiger partial charge in [0, 0.05) is 7.05 Å². The Morgan fingerprint density at radius 2 is 2.42 bits per heavy atom. The summed E-state index contributed by atoms with van der Waals surface area (Å²) in [7, 11) is 2.86. The van der Waals surface area contributed by atoms with Crippen LogP contribution in [0, 0.1) is 4.77 Å². The van der Waals surface area contributed by atoms with Crippen LogP contribution in [0.25, 0.3) is 0 Å². The zero-order chi connectivity index (χ0) is 9.14. The molecule has 0 radical (unpaired) electrons. The number of rotatable bonds is 1. The van der Waals surface area contributed by atoms with Crippen molar-refractivity contribution in [1.29, 1.82) is 0 Å². The van der Waals surface area contributed by atoms with Crippen LogP contribution in [0.1, 0.15) is 0 Å². The first kappa shape index (κ1) is 8.72. The molecule has 7 heteroatoms. The average Bonchev–Trinajstić information content (AvgIpc) is 2.31. The van der Waals surface area contributed by atoms with E-state index in [1.165, 1.54) is 11.8 Å². The first-order chi connectivity index (χ1) is 5.63. The summed E-state index contributed by atoms with van der Waals surface area (Å²) in [6.07, 6.45) is -0.834. The van der Waals surface area contributed by atoms with Gasteiger partial charge in [-0.2, -0.15) is 4.98 Å². The molecule has 0 saturated heterocycles. The molecule has 1 aromatic heterocycles. The Morgan fingerprint density at radius 3 is 2.83 bits per heavy atom. The van der Waals surface area contributed by atoms with E-state index in [0.717, 1.165) is 0 Å². The van der Waals surface area contributed by atoms with E-state index in [1.807, 2.05) is 0 Å². The van der Waals surface area contributed by atoms with Crippen LogP contribution in [-0.4, -0.2) is 28.0 Å². The molecule has 6 nitrogen and oxygen atoms in total. The minimum absolute atomic E-state index is 0.0225. The molecule has 0 saturated carbocycles. The Morgan fingerprint density at radius 1 is 1.75 bits per heavy atom. The van der Waals surface area contributed by atoms with Crippen LogP contribution in [0.4, 0.5) is 4.79 Å². The highest BCUT2D eigenvalue weighted by atomic mass is 32.1. The van der Waals surface area contributed by atoms with Crippen molar-refractivity contribution in [2.45, 2.75) is 0 Å². The van der Waals surface area contributed by atoms with Crippen molar-refractivity contribution in [2.75, 3.05) is 7.11 Å². The van der Waals surface area contributed by atoms with Crippen LogP contribution in [0.15, 0.2) is 0 Å². The second kappa shape index (κ2) is 3.35. The van der Waals surface area contributed by atoms with Crippen molar-refractivity contribution in [3.63, 3.8) is 0 Å². The highest BCUT2D eigenvalue weighted by Crippen LogP contribution is 2.01. The minimum Gasteiger partial charge on any atom is -0.437 e. The molecule has 0 aliphatic rings. The molecule has 0 bridgehead atoms. The van der Waals surface area contributed by atoms with Crippen molar-refractivity contribution < 1.29 is 14.3 Å². The molecule has 1 heterocycles. The van der Waals surface area contributed by atoms with Crippen molar-refractivity contribution in [2.24, 2.45) is 7.05 Å². The van der Waals surface area contributed by atoms with Gasteiger partial charge in [-0.15, -0.1) is 0 Å². The standard InChI is InChI=1S/C5H7N3O3S/c1-8-4(12)6-3(7-8)11-5(9)10-2/h1-2H3,(H,6,7,12). The molecule has 0 aliphatic carbocycles. The van der Waals surface area contributed by atoms with Gasteiger partial charge in [0.15, 0.2) is 0 Å². The lowest BCUT2D eigenvalue weighted by Gasteiger charge is -1.95. The van der Waals surface area contributed by atoms with Gasteiger partial charge in [0.1, 0.15) is 0 Å². The van der Waals surface area contributed by atoms with E-state index >= 15 is 0 Å². The van der Waals surface area contributed by atoms with E-state index in [4.69, 9.17) is 12.2 Å². The highest BCUT2D eigenvalue weighted by Gasteiger charge is 2.06. The Labute approximate surface area is 73.1 Å². The van der Waals surface area contributed by atoms with E-state index in [1.54, 1.807) is 7.05 Å². The van der Waals surface area contributed by atoms with Crippen LogP contribution in [-0.2, 0) is 11.8 Å². The predicted molar refractivity (Wildman–Crippen MR) is 41.4 cm³/mol. The zero-order valence-electron chi connectivity index (χ0n) is 6.53. The lowest BCUT2D eigenvalue weighted by Crippen LogP contribution is -2.08. The Kier molecular flexibility index (Phi) is 2.44. The molecule has 1 N–H and O–H groups in total. The zero-order valence-corrected chi connectivity index (χ0v) is 7.34. The number of hydrogen-bond donors (Lipinski definition) is 1. The van der Waals surface area contributed by atoms with Gasteiger partial charge in [-0.3, -0.25) is 4.68 Å². The summed E-state index contributed by atoms with van der Waals surface area (Å²) < 4.78 is 10.5. The number of H-pyrrole nitrogens is 1. The van der Waals surface area contributed by atoms with Crippen molar-refractivity contribution in [3.05, 3.63) is 4.77 Å². The summed E-state index contributed by atoms with van der Waals surface area (Å²) in [5.74, 6) is 0. The molecule has 0 amide bonds. The molecule has 0 aliphatic heterocycles. The first-order valence-electron chi connectivity index (χ1n) is 3.02. The van der Waals surface area contributed by atoms with Gasteiger partial charge in [0.2, 0.25) is 4.77 Å². The fraction of sp³-hybridized carbons (Fsp3) is 0.400. The third-order valence-electron chi connectivity index (χ3n) is 1.09. The van der Waals surface area contributed by atoms with Gasteiger partial charge in [-0.1, -0.05) is 0 Å². The summed E-state index contributed by atoms with van der Waals surface area (Å²) in [5, 5.41) is 2.59. The molecule has 66 valence electrons. The predicted octanol–water partition coefficient (Wildman–Crippen LogP) is 0.623. The molecule has 1 aromatic rings. The normalized spacial score (nSPS) is 9.50. The van der Waals surface area contributed by atoms with Gasteiger partial charge >= 0.3 is 12.2 Å². The number of carbonyl (C=O) groups is 1. The molecule has 1 rings (SSSR count). The maximum absolute atomic E-state index is 10.6. The van der Waals surface area contributed by atoms with Crippen LogP contribution in [0.3, 0.4) is 0 Å². The minimum atomic E-state index is -0.834. The van der Waals surface area contributed by atoms with Crippen LogP contribution >= 0.6 is 12.2 Å². The second-order valence-corrected chi connectivity index (χ2v) is 2.29. The first-order valence-corrected chi connectivity index (χ1v) is 3.43. The third kappa shape index (κ3) is 1.82. The smallest absolute Gasteiger partial charge is 0.437 e. The summed E-state index contributed by atoms with van der Waals surface area (Å²) in [4.78, 5) is 14.3. The van der Waals surface area contributed by atoms with E-state index in [0.29, 0.717) is 4.77 Å². The molecular weight excluding hydrogens is 182 g/mol. The molecule has 12 heavy (non-hydrogen) atoms. The maximum Gasteiger partial charge on any atom is 0.516 e. The lowest BCUT2D eigenvalue weighted by molar-refractivity contribution is 0.117. The van der Waals surface area contributed by atoms with Gasteiger partial charge in [0.05, 0.1) is 7.11 Å². The molecule has 0 unspecified atom stereocenters. The Bertz CT molecular complexity index is 342. The van der Waals surface area contributed by atoms with Gasteiger partial charge in [-0.05, 0) is 12.2 Å². The lowest BCUT2D eigenvalue weighted by atomic mass is 11.1. The number of nitrogens with one attached hydrogen (secondary N) is 1. The molecular formula is C5H7N3O3S. The van der Waals surface area contributed by atoms with Crippen molar-refractivity contribution >= 4 is 18.4 Å². The number of ether oxygens (including phenoxy) is 2. The molecule has 0 atom stereocenters. The summed E-state index contributed by atoms with van der Waals surface area (Å²) in [5.41, 5.74) is 0. The maximum atomic E-state index is 10.6. The van der Waals surface area contributed by atoms with Gasteiger partial charge < -0.3 is 9.47 Å². The van der Waals surface area contributed by atoms with E-state index in [9.17, 15) is 4.79 Å². The second-order valence-electron chi connectivity index (χ2n) is 1.93. The SMILES string of the molecule is COC(=O)Oc1nc(=S)n(C)[nH]1. The average molecular weight is 189 g/mol. The van der Waals surface area contributed by atoms with Crippen LogP contribution < -0.4 is 4.74 Å². The number of carbonyl (C=O) groups excluding carboxylic acids is 1. The number of aromatic amines is 1. The molecule has 0 aromatic carbocycles. The van der Waals surface area contributed by atoms with Gasteiger partial charge in [0.25, 0.3) is 0 Å². The summed E-state index contributed by atoms with van der Waals surface area (Å²) in [6, 6.07) is 0.0225. The van der Waals surface area contributed by atoms with E-state index in [2.05, 4.69) is 19.6 Å². The fourth-order valence-corrected chi connectivity index (χ4v) is 0.673. The Hall–Kier alpha value is -1.37. The number of aryl methyl sites for hydroxylation is 1. The van der Waals surface area contributed by atoms with E-state index < -0.39 is 6.16 Å². The number of methoxy groups -OCH3 is 1. The number of aromatic nitrogens is 3. The van der Waals surface area contributed by atoms with Gasteiger partial charge in [-0.25, -0.2) is 9.89 Å². The topological polar surface area (TPSA) is 69.1 Å². The largest absolute Gasteiger partial charge is 0.516 e. The van der Waals surface area contributed by atoms with Crippen molar-refractivity contribution in [1.82, 2.24) is 14.8 Å². The summed E-state index contributed by atoms with van der Waals surface area (Å²) >= 11 is 4.75. The number of hydrogen-bond acceptors (Lipinski definition) is 5. The Balaban J connectivity index is 2.77. The van der Waals surface area contributed by atoms with Crippen LogP contribution in [0.2, 0.25) is 0 Å².